The van der Waals surface area contributed by atoms with Crippen LogP contribution in [0.25, 0.3) is 0 Å². The molecule has 1 aliphatic rings. The van der Waals surface area contributed by atoms with Crippen molar-refractivity contribution >= 4 is 21.6 Å². The van der Waals surface area contributed by atoms with E-state index in [0.29, 0.717) is 29.2 Å². The fourth-order valence-corrected chi connectivity index (χ4v) is 5.47. The van der Waals surface area contributed by atoms with E-state index in [0.717, 1.165) is 17.0 Å². The topological polar surface area (TPSA) is 75.7 Å². The molecule has 150 valence electrons. The van der Waals surface area contributed by atoms with Crippen LogP contribution in [0.4, 0.5) is 5.69 Å². The van der Waals surface area contributed by atoms with Crippen LogP contribution in [0.15, 0.2) is 41.3 Å². The highest BCUT2D eigenvalue weighted by Crippen LogP contribution is 2.26. The van der Waals surface area contributed by atoms with Gasteiger partial charge in [0.05, 0.1) is 11.5 Å². The van der Waals surface area contributed by atoms with Gasteiger partial charge in [-0.3, -0.25) is 4.79 Å². The van der Waals surface area contributed by atoms with E-state index in [1.54, 1.807) is 18.7 Å². The Kier molecular flexibility index (Phi) is 5.76. The molecular weight excluding hydrogens is 376 g/mol. The number of nitrogens with zero attached hydrogens (tertiary/aromatic N) is 1. The predicted molar refractivity (Wildman–Crippen MR) is 109 cm³/mol. The second kappa shape index (κ2) is 7.93. The Morgan fingerprint density at radius 2 is 1.71 bits per heavy atom. The summed E-state index contributed by atoms with van der Waals surface area (Å²) >= 11 is 0. The molecule has 1 amide bonds. The zero-order valence-corrected chi connectivity index (χ0v) is 17.5. The molecule has 6 nitrogen and oxygen atoms in total. The minimum atomic E-state index is -3.71. The van der Waals surface area contributed by atoms with E-state index in [-0.39, 0.29) is 12.3 Å². The van der Waals surface area contributed by atoms with Gasteiger partial charge >= 0.3 is 0 Å². The van der Waals surface area contributed by atoms with E-state index in [1.165, 1.54) is 0 Å². The zero-order chi connectivity index (χ0) is 20.5. The second-order valence-electron chi connectivity index (χ2n) is 7.18. The fourth-order valence-electron chi connectivity index (χ4n) is 3.79. The highest BCUT2D eigenvalue weighted by molar-refractivity contribution is 7.89. The number of aryl methyl sites for hydroxylation is 3. The van der Waals surface area contributed by atoms with Gasteiger partial charge in [0.1, 0.15) is 5.75 Å². The number of sulfonamides is 1. The van der Waals surface area contributed by atoms with Gasteiger partial charge in [-0.15, -0.1) is 0 Å². The van der Waals surface area contributed by atoms with E-state index in [9.17, 15) is 13.2 Å². The van der Waals surface area contributed by atoms with Crippen LogP contribution in [-0.2, 0) is 14.8 Å². The molecule has 3 rings (SSSR count). The summed E-state index contributed by atoms with van der Waals surface area (Å²) in [6.45, 7) is 8.31. The molecule has 0 radical (unpaired) electrons. The summed E-state index contributed by atoms with van der Waals surface area (Å²) in [4.78, 5) is 14.4. The van der Waals surface area contributed by atoms with E-state index in [1.807, 2.05) is 50.2 Å². The first-order chi connectivity index (χ1) is 13.2. The molecule has 1 N–H and O–H groups in total. The molecule has 2 aromatic carbocycles. The second-order valence-corrected chi connectivity index (χ2v) is 8.83. The van der Waals surface area contributed by atoms with Gasteiger partial charge in [-0.1, -0.05) is 17.7 Å². The minimum Gasteiger partial charge on any atom is -0.494 e. The largest absolute Gasteiger partial charge is 0.494 e. The summed E-state index contributed by atoms with van der Waals surface area (Å²) in [6, 6.07) is 10.5. The number of amides is 1. The maximum Gasteiger partial charge on any atom is 0.241 e. The zero-order valence-electron chi connectivity index (χ0n) is 16.7. The number of rotatable bonds is 6. The number of ether oxygens (including phenoxy) is 1. The summed E-state index contributed by atoms with van der Waals surface area (Å²) in [5, 5.41) is 0. The molecule has 2 aromatic rings. The number of benzene rings is 2. The molecule has 28 heavy (non-hydrogen) atoms. The molecule has 0 spiro atoms. The van der Waals surface area contributed by atoms with E-state index < -0.39 is 16.1 Å². The lowest BCUT2D eigenvalue weighted by atomic mass is 10.1. The smallest absolute Gasteiger partial charge is 0.241 e. The first-order valence-electron chi connectivity index (χ1n) is 9.34. The lowest BCUT2D eigenvalue weighted by Gasteiger charge is -2.19. The molecule has 1 saturated heterocycles. The van der Waals surface area contributed by atoms with E-state index >= 15 is 0 Å². The average Bonchev–Trinajstić information content (AvgIpc) is 2.94. The third-order valence-corrected chi connectivity index (χ3v) is 6.60. The number of hydrogen-bond acceptors (Lipinski definition) is 4. The van der Waals surface area contributed by atoms with Crippen molar-refractivity contribution < 1.29 is 17.9 Å². The van der Waals surface area contributed by atoms with Gasteiger partial charge in [-0.05, 0) is 63.1 Å². The van der Waals surface area contributed by atoms with E-state index in [4.69, 9.17) is 4.74 Å². The Balaban J connectivity index is 1.77. The molecular formula is C21H26N2O4S. The standard InChI is InChI=1S/C21H26N2O4S/c1-5-27-19-8-6-18(7-9-19)23-13-17(12-20(23)24)22-28(25,26)21-15(3)10-14(2)11-16(21)4/h6-11,17,22H,5,12-13H2,1-4H3/t17-/m1/s1. The fraction of sp³-hybridized carbons (Fsp3) is 0.381. The van der Waals surface area contributed by atoms with Crippen molar-refractivity contribution in [1.29, 1.82) is 0 Å². The number of nitrogens with one attached hydrogen (secondary N) is 1. The summed E-state index contributed by atoms with van der Waals surface area (Å²) in [5.41, 5.74) is 3.17. The third-order valence-electron chi connectivity index (χ3n) is 4.78. The maximum atomic E-state index is 13.0. The first kappa shape index (κ1) is 20.4. The SMILES string of the molecule is CCOc1ccc(N2C[C@H](NS(=O)(=O)c3c(C)cc(C)cc3C)CC2=O)cc1. The van der Waals surface area contributed by atoms with Gasteiger partial charge in [0.25, 0.3) is 0 Å². The van der Waals surface area contributed by atoms with Crippen molar-refractivity contribution in [2.75, 3.05) is 18.1 Å². The van der Waals surface area contributed by atoms with Crippen LogP contribution in [0, 0.1) is 20.8 Å². The summed E-state index contributed by atoms with van der Waals surface area (Å²) in [5.74, 6) is 0.634. The normalized spacial score (nSPS) is 17.2. The Hall–Kier alpha value is -2.38. The summed E-state index contributed by atoms with van der Waals surface area (Å²) < 4.78 is 34.0. The number of carbonyl (C=O) groups is 1. The first-order valence-corrected chi connectivity index (χ1v) is 10.8. The molecule has 1 aliphatic heterocycles. The van der Waals surface area contributed by atoms with Gasteiger partial charge in [0, 0.05) is 24.7 Å². The Labute approximate surface area is 166 Å². The monoisotopic (exact) mass is 402 g/mol. The quantitative estimate of drug-likeness (QED) is 0.806. The Morgan fingerprint density at radius 3 is 2.29 bits per heavy atom. The van der Waals surface area contributed by atoms with E-state index in [2.05, 4.69) is 4.72 Å². The molecule has 0 bridgehead atoms. The Bertz CT molecular complexity index is 961. The average molecular weight is 403 g/mol. The van der Waals surface area contributed by atoms with Crippen LogP contribution >= 0.6 is 0 Å². The van der Waals surface area contributed by atoms with Crippen LogP contribution in [0.1, 0.15) is 30.0 Å². The molecule has 1 atom stereocenters. The van der Waals surface area contributed by atoms with Gasteiger partial charge < -0.3 is 9.64 Å². The Morgan fingerprint density at radius 1 is 1.11 bits per heavy atom. The van der Waals surface area contributed by atoms with Crippen molar-refractivity contribution in [3.8, 4) is 5.75 Å². The van der Waals surface area contributed by atoms with Crippen LogP contribution in [0.2, 0.25) is 0 Å². The molecule has 7 heteroatoms. The molecule has 0 saturated carbocycles. The molecule has 0 unspecified atom stereocenters. The number of hydrogen-bond donors (Lipinski definition) is 1. The molecule has 0 aromatic heterocycles. The van der Waals surface area contributed by atoms with Crippen LogP contribution < -0.4 is 14.4 Å². The predicted octanol–water partition coefficient (Wildman–Crippen LogP) is 3.09. The number of carbonyl (C=O) groups excluding carboxylic acids is 1. The van der Waals surface area contributed by atoms with Gasteiger partial charge in [0.15, 0.2) is 0 Å². The van der Waals surface area contributed by atoms with Gasteiger partial charge in [-0.25, -0.2) is 13.1 Å². The highest BCUT2D eigenvalue weighted by atomic mass is 32.2. The van der Waals surface area contributed by atoms with Crippen LogP contribution in [0.3, 0.4) is 0 Å². The number of anilines is 1. The molecule has 0 aliphatic carbocycles. The molecule has 1 fully saturated rings. The third kappa shape index (κ3) is 4.20. The lowest BCUT2D eigenvalue weighted by Crippen LogP contribution is -2.37. The van der Waals surface area contributed by atoms with Crippen molar-refractivity contribution in [1.82, 2.24) is 4.72 Å². The lowest BCUT2D eigenvalue weighted by molar-refractivity contribution is -0.117. The van der Waals surface area contributed by atoms with Gasteiger partial charge in [0.2, 0.25) is 15.9 Å². The highest BCUT2D eigenvalue weighted by Gasteiger charge is 2.34. The minimum absolute atomic E-state index is 0.103. The van der Waals surface area contributed by atoms with Crippen LogP contribution in [-0.4, -0.2) is 33.5 Å². The molecule has 1 heterocycles. The van der Waals surface area contributed by atoms with Crippen molar-refractivity contribution in [2.45, 2.75) is 45.1 Å². The van der Waals surface area contributed by atoms with Crippen molar-refractivity contribution in [2.24, 2.45) is 0 Å². The van der Waals surface area contributed by atoms with Gasteiger partial charge in [-0.2, -0.15) is 0 Å². The maximum absolute atomic E-state index is 13.0. The van der Waals surface area contributed by atoms with Crippen molar-refractivity contribution in [3.63, 3.8) is 0 Å². The van der Waals surface area contributed by atoms with Crippen molar-refractivity contribution in [3.05, 3.63) is 53.1 Å². The summed E-state index contributed by atoms with van der Waals surface area (Å²) in [7, 11) is -3.71. The summed E-state index contributed by atoms with van der Waals surface area (Å²) in [6.07, 6.45) is 0.135. The van der Waals surface area contributed by atoms with Crippen LogP contribution in [0.5, 0.6) is 5.75 Å².